The number of carbonyl (C=O) groups is 1. The SMILES string of the molecule is COc1ccc(-c2cc(-c3ccc(N4C(=O)CC45c4ccccc4-c4nc6ccc(F)cc6nc45)cc3)nc(OC)c2C#N)cc1. The van der Waals surface area contributed by atoms with Gasteiger partial charge in [-0.1, -0.05) is 48.5 Å². The Balaban J connectivity index is 1.22. The summed E-state index contributed by atoms with van der Waals surface area (Å²) in [6.45, 7) is 0. The number of hydrogen-bond acceptors (Lipinski definition) is 7. The molecule has 1 amide bonds. The number of aromatic nitrogens is 3. The second-order valence-corrected chi connectivity index (χ2v) is 11.2. The molecule has 2 aliphatic rings. The van der Waals surface area contributed by atoms with Crippen molar-refractivity contribution in [2.75, 3.05) is 19.1 Å². The van der Waals surface area contributed by atoms with Crippen LogP contribution in [0.4, 0.5) is 10.1 Å². The number of β-lactam (4-membered cyclic amide) rings is 1. The van der Waals surface area contributed by atoms with Gasteiger partial charge >= 0.3 is 0 Å². The Morgan fingerprint density at radius 1 is 0.826 bits per heavy atom. The average molecular weight is 606 g/mol. The van der Waals surface area contributed by atoms with Crippen LogP contribution in [0.15, 0.2) is 97.1 Å². The largest absolute Gasteiger partial charge is 0.497 e. The van der Waals surface area contributed by atoms with Gasteiger partial charge in [0.05, 0.1) is 48.8 Å². The zero-order valence-electron chi connectivity index (χ0n) is 24.8. The van der Waals surface area contributed by atoms with Crippen LogP contribution in [0.25, 0.3) is 44.7 Å². The van der Waals surface area contributed by atoms with Gasteiger partial charge in [0.1, 0.15) is 28.7 Å². The van der Waals surface area contributed by atoms with E-state index >= 15 is 0 Å². The molecule has 8 rings (SSSR count). The van der Waals surface area contributed by atoms with Gasteiger partial charge in [-0.25, -0.2) is 19.3 Å². The van der Waals surface area contributed by atoms with Crippen LogP contribution in [0.2, 0.25) is 0 Å². The summed E-state index contributed by atoms with van der Waals surface area (Å²) in [5, 5.41) is 9.96. The second-order valence-electron chi connectivity index (χ2n) is 11.2. The first kappa shape index (κ1) is 27.4. The molecule has 9 heteroatoms. The summed E-state index contributed by atoms with van der Waals surface area (Å²) < 4.78 is 25.0. The molecule has 1 aliphatic heterocycles. The maximum atomic E-state index is 14.2. The maximum Gasteiger partial charge on any atom is 0.232 e. The molecular formula is C37H24FN5O3. The van der Waals surface area contributed by atoms with Crippen molar-refractivity contribution < 1.29 is 18.7 Å². The van der Waals surface area contributed by atoms with E-state index in [2.05, 4.69) is 11.1 Å². The highest BCUT2D eigenvalue weighted by molar-refractivity contribution is 6.07. The molecule has 1 spiro atoms. The normalized spacial score (nSPS) is 16.1. The van der Waals surface area contributed by atoms with Gasteiger partial charge in [0.25, 0.3) is 0 Å². The van der Waals surface area contributed by atoms with Crippen LogP contribution in [0.5, 0.6) is 11.6 Å². The Morgan fingerprint density at radius 2 is 1.59 bits per heavy atom. The van der Waals surface area contributed by atoms with Gasteiger partial charge in [0.2, 0.25) is 11.8 Å². The zero-order valence-corrected chi connectivity index (χ0v) is 24.8. The predicted octanol–water partition coefficient (Wildman–Crippen LogP) is 7.05. The summed E-state index contributed by atoms with van der Waals surface area (Å²) in [6, 6.07) is 31.3. The Bertz CT molecular complexity index is 2260. The van der Waals surface area contributed by atoms with Crippen molar-refractivity contribution in [3.05, 3.63) is 120 Å². The van der Waals surface area contributed by atoms with Gasteiger partial charge in [-0.3, -0.25) is 9.69 Å². The molecule has 3 heterocycles. The highest BCUT2D eigenvalue weighted by Gasteiger charge is 2.60. The van der Waals surface area contributed by atoms with Gasteiger partial charge in [0, 0.05) is 28.4 Å². The Kier molecular flexibility index (Phi) is 6.08. The van der Waals surface area contributed by atoms with E-state index in [1.54, 1.807) is 18.1 Å². The number of hydrogen-bond donors (Lipinski definition) is 0. The number of fused-ring (bicyclic) bond motifs is 6. The van der Waals surface area contributed by atoms with Crippen LogP contribution < -0.4 is 14.4 Å². The molecule has 1 unspecified atom stereocenters. The quantitative estimate of drug-likeness (QED) is 0.194. The molecule has 0 radical (unpaired) electrons. The predicted molar refractivity (Wildman–Crippen MR) is 171 cm³/mol. The molecule has 4 aromatic carbocycles. The summed E-state index contributed by atoms with van der Waals surface area (Å²) in [5.41, 5.74) is 7.22. The molecule has 2 aromatic heterocycles. The molecule has 0 bridgehead atoms. The molecule has 8 nitrogen and oxygen atoms in total. The van der Waals surface area contributed by atoms with E-state index in [4.69, 9.17) is 19.4 Å². The summed E-state index contributed by atoms with van der Waals surface area (Å²) in [7, 11) is 3.09. The van der Waals surface area contributed by atoms with Crippen LogP contribution in [-0.2, 0) is 10.3 Å². The van der Waals surface area contributed by atoms with Crippen molar-refractivity contribution in [2.24, 2.45) is 0 Å². The minimum absolute atomic E-state index is 0.0588. The minimum Gasteiger partial charge on any atom is -0.497 e. The third-order valence-electron chi connectivity index (χ3n) is 8.80. The summed E-state index contributed by atoms with van der Waals surface area (Å²) in [6.07, 6.45) is 0.216. The summed E-state index contributed by atoms with van der Waals surface area (Å²) in [5.74, 6) is 0.465. The number of ether oxygens (including phenoxy) is 2. The van der Waals surface area contributed by atoms with Crippen molar-refractivity contribution in [1.29, 1.82) is 5.26 Å². The summed E-state index contributed by atoms with van der Waals surface area (Å²) in [4.78, 5) is 29.6. The monoisotopic (exact) mass is 605 g/mol. The lowest BCUT2D eigenvalue weighted by molar-refractivity contribution is -0.126. The average Bonchev–Trinajstić information content (AvgIpc) is 3.37. The molecule has 1 saturated heterocycles. The van der Waals surface area contributed by atoms with Crippen molar-refractivity contribution in [3.8, 4) is 51.3 Å². The molecule has 1 aliphatic carbocycles. The van der Waals surface area contributed by atoms with Crippen LogP contribution in [-0.4, -0.2) is 35.1 Å². The fourth-order valence-electron chi connectivity index (χ4n) is 6.65. The summed E-state index contributed by atoms with van der Waals surface area (Å²) >= 11 is 0. The minimum atomic E-state index is -0.866. The highest BCUT2D eigenvalue weighted by Crippen LogP contribution is 2.57. The van der Waals surface area contributed by atoms with Crippen LogP contribution in [0, 0.1) is 17.1 Å². The Morgan fingerprint density at radius 3 is 2.30 bits per heavy atom. The van der Waals surface area contributed by atoms with E-state index in [0.717, 1.165) is 22.3 Å². The maximum absolute atomic E-state index is 14.2. The van der Waals surface area contributed by atoms with Crippen LogP contribution in [0.3, 0.4) is 0 Å². The molecule has 1 fully saturated rings. The molecule has 6 aromatic rings. The molecule has 46 heavy (non-hydrogen) atoms. The molecule has 1 atom stereocenters. The van der Waals surface area contributed by atoms with Gasteiger partial charge < -0.3 is 9.47 Å². The number of nitrogens with zero attached hydrogens (tertiary/aromatic N) is 5. The third-order valence-corrected chi connectivity index (χ3v) is 8.80. The number of anilines is 1. The first-order valence-corrected chi connectivity index (χ1v) is 14.6. The van der Waals surface area contributed by atoms with Crippen LogP contribution >= 0.6 is 0 Å². The topological polar surface area (TPSA) is 101 Å². The Labute approximate surface area is 263 Å². The van der Waals surface area contributed by atoms with Crippen molar-refractivity contribution >= 4 is 22.6 Å². The standard InChI is InChI=1S/C37H24FN5O3/c1-45-25-14-9-21(10-15-25)27-18-31(42-36(46-2)28(27)20-39)22-7-12-24(13-8-22)43-33(44)19-37(43)29-6-4-3-5-26(29)34-35(37)41-32-17-23(38)11-16-30(32)40-34/h3-18H,19H2,1-2H3. The van der Waals surface area contributed by atoms with E-state index < -0.39 is 11.4 Å². The first-order chi connectivity index (χ1) is 22.4. The van der Waals surface area contributed by atoms with E-state index in [0.29, 0.717) is 50.7 Å². The van der Waals surface area contributed by atoms with Gasteiger partial charge in [-0.15, -0.1) is 0 Å². The number of nitriles is 1. The number of carbonyl (C=O) groups excluding carboxylic acids is 1. The van der Waals surface area contributed by atoms with E-state index in [9.17, 15) is 14.4 Å². The van der Waals surface area contributed by atoms with Gasteiger partial charge in [-0.05, 0) is 53.6 Å². The fraction of sp³-hybridized carbons (Fsp3) is 0.108. The zero-order chi connectivity index (χ0) is 31.6. The van der Waals surface area contributed by atoms with Crippen molar-refractivity contribution in [2.45, 2.75) is 12.0 Å². The lowest BCUT2D eigenvalue weighted by Crippen LogP contribution is -2.61. The van der Waals surface area contributed by atoms with Crippen molar-refractivity contribution in [3.63, 3.8) is 0 Å². The Hall–Kier alpha value is -6.14. The number of pyridine rings is 1. The van der Waals surface area contributed by atoms with Crippen LogP contribution in [0.1, 0.15) is 23.2 Å². The number of halogens is 1. The van der Waals surface area contributed by atoms with E-state index in [1.165, 1.54) is 19.2 Å². The second kappa shape index (κ2) is 10.2. The first-order valence-electron chi connectivity index (χ1n) is 14.6. The third kappa shape index (κ3) is 3.90. The van der Waals surface area contributed by atoms with E-state index in [-0.39, 0.29) is 18.2 Å². The number of rotatable bonds is 5. The fourth-order valence-corrected chi connectivity index (χ4v) is 6.65. The number of benzene rings is 4. The highest BCUT2D eigenvalue weighted by atomic mass is 19.1. The van der Waals surface area contributed by atoms with Gasteiger partial charge in [-0.2, -0.15) is 5.26 Å². The molecule has 222 valence electrons. The van der Waals surface area contributed by atoms with E-state index in [1.807, 2.05) is 78.9 Å². The number of methoxy groups -OCH3 is 2. The van der Waals surface area contributed by atoms with Gasteiger partial charge in [0.15, 0.2) is 0 Å². The molecule has 0 N–H and O–H groups in total. The molecular weight excluding hydrogens is 581 g/mol. The lowest BCUT2D eigenvalue weighted by atomic mass is 9.77. The van der Waals surface area contributed by atoms with Crippen molar-refractivity contribution in [1.82, 2.24) is 15.0 Å². The number of amides is 1. The smallest absolute Gasteiger partial charge is 0.232 e. The lowest BCUT2D eigenvalue weighted by Gasteiger charge is -2.50. The molecule has 0 saturated carbocycles.